The van der Waals surface area contributed by atoms with Crippen molar-refractivity contribution in [1.29, 1.82) is 0 Å². The van der Waals surface area contributed by atoms with Gasteiger partial charge in [0.25, 0.3) is 0 Å². The molecule has 0 aromatic heterocycles. The van der Waals surface area contributed by atoms with Crippen LogP contribution in [0.25, 0.3) is 0 Å². The lowest BCUT2D eigenvalue weighted by Crippen LogP contribution is -2.05. The van der Waals surface area contributed by atoms with E-state index in [0.717, 1.165) is 37.3 Å². The maximum Gasteiger partial charge on any atom is 0.416 e. The first-order chi connectivity index (χ1) is 6.55. The van der Waals surface area contributed by atoms with Crippen molar-refractivity contribution < 1.29 is 13.2 Å². The average molecular weight is 201 g/mol. The van der Waals surface area contributed by atoms with Crippen LogP contribution in [-0.2, 0) is 12.7 Å². The van der Waals surface area contributed by atoms with Crippen LogP contribution in [0.1, 0.15) is 11.1 Å². The molecule has 0 radical (unpaired) electrons. The Kier molecular flexibility index (Phi) is 2.23. The Morgan fingerprint density at radius 2 is 1.64 bits per heavy atom. The largest absolute Gasteiger partial charge is 0.416 e. The van der Waals surface area contributed by atoms with Crippen LogP contribution >= 0.6 is 0 Å². The van der Waals surface area contributed by atoms with Gasteiger partial charge in [0.05, 0.1) is 5.56 Å². The number of hydrogen-bond donors (Lipinski definition) is 0. The van der Waals surface area contributed by atoms with Gasteiger partial charge in [-0.15, -0.1) is 0 Å². The summed E-state index contributed by atoms with van der Waals surface area (Å²) < 4.78 is 36.6. The predicted octanol–water partition coefficient (Wildman–Crippen LogP) is 2.52. The Hall–Kier alpha value is -1.03. The lowest BCUT2D eigenvalue weighted by Gasteiger charge is -2.07. The number of hydrogen-bond acceptors (Lipinski definition) is 1. The van der Waals surface area contributed by atoms with Gasteiger partial charge in [0.15, 0.2) is 0 Å². The molecule has 0 amide bonds. The van der Waals surface area contributed by atoms with Gasteiger partial charge >= 0.3 is 6.18 Å². The van der Waals surface area contributed by atoms with Crippen molar-refractivity contribution in [2.75, 3.05) is 13.1 Å². The molecule has 1 aromatic carbocycles. The van der Waals surface area contributed by atoms with Crippen molar-refractivity contribution in [3.8, 4) is 0 Å². The zero-order valence-corrected chi connectivity index (χ0v) is 7.51. The topological polar surface area (TPSA) is 3.01 Å². The van der Waals surface area contributed by atoms with Crippen LogP contribution in [-0.4, -0.2) is 18.0 Å². The summed E-state index contributed by atoms with van der Waals surface area (Å²) in [5.41, 5.74) is 0.363. The maximum absolute atomic E-state index is 12.2. The highest BCUT2D eigenvalue weighted by molar-refractivity contribution is 5.24. The van der Waals surface area contributed by atoms with Crippen molar-refractivity contribution in [2.45, 2.75) is 12.7 Å². The lowest BCUT2D eigenvalue weighted by molar-refractivity contribution is -0.137. The van der Waals surface area contributed by atoms with Crippen LogP contribution in [0.2, 0.25) is 0 Å². The van der Waals surface area contributed by atoms with Crippen LogP contribution in [0.3, 0.4) is 0 Å². The zero-order valence-electron chi connectivity index (χ0n) is 7.51. The highest BCUT2D eigenvalue weighted by Crippen LogP contribution is 2.29. The molecule has 0 spiro atoms. The number of alkyl halides is 3. The second-order valence-electron chi connectivity index (χ2n) is 3.47. The number of benzene rings is 1. The average Bonchev–Trinajstić information content (AvgIpc) is 2.88. The number of nitrogens with zero attached hydrogens (tertiary/aromatic N) is 1. The summed E-state index contributed by atoms with van der Waals surface area (Å²) in [4.78, 5) is 2.16. The molecule has 0 saturated carbocycles. The third-order valence-corrected chi connectivity index (χ3v) is 2.23. The third kappa shape index (κ3) is 2.26. The van der Waals surface area contributed by atoms with Crippen LogP contribution in [0.4, 0.5) is 13.2 Å². The molecule has 1 aromatic rings. The van der Waals surface area contributed by atoms with E-state index in [-0.39, 0.29) is 0 Å². The molecule has 1 saturated heterocycles. The molecule has 2 rings (SSSR count). The van der Waals surface area contributed by atoms with E-state index in [2.05, 4.69) is 4.90 Å². The summed E-state index contributed by atoms with van der Waals surface area (Å²) in [6.45, 7) is 2.88. The molecule has 1 aliphatic rings. The Bertz CT molecular complexity index is 311. The molecule has 0 unspecified atom stereocenters. The van der Waals surface area contributed by atoms with E-state index in [4.69, 9.17) is 0 Å². The van der Waals surface area contributed by atoms with E-state index in [1.54, 1.807) is 12.1 Å². The van der Waals surface area contributed by atoms with Gasteiger partial charge in [-0.1, -0.05) is 12.1 Å². The van der Waals surface area contributed by atoms with Crippen molar-refractivity contribution in [1.82, 2.24) is 4.90 Å². The van der Waals surface area contributed by atoms with E-state index in [9.17, 15) is 13.2 Å². The second-order valence-corrected chi connectivity index (χ2v) is 3.47. The standard InChI is InChI=1S/C10H10F3N/c11-10(12,13)9-3-1-8(2-4-9)7-14-5-6-14/h1-4H,5-7H2. The van der Waals surface area contributed by atoms with Crippen LogP contribution in [0, 0.1) is 0 Å². The van der Waals surface area contributed by atoms with Gasteiger partial charge in [-0.25, -0.2) is 0 Å². The van der Waals surface area contributed by atoms with Crippen molar-refractivity contribution >= 4 is 0 Å². The van der Waals surface area contributed by atoms with Gasteiger partial charge in [-0.2, -0.15) is 13.2 Å². The fourth-order valence-corrected chi connectivity index (χ4v) is 1.29. The minimum absolute atomic E-state index is 0.577. The fraction of sp³-hybridized carbons (Fsp3) is 0.400. The van der Waals surface area contributed by atoms with Crippen LogP contribution < -0.4 is 0 Å². The summed E-state index contributed by atoms with van der Waals surface area (Å²) in [6, 6.07) is 5.36. The van der Waals surface area contributed by atoms with Crippen LogP contribution in [0.15, 0.2) is 24.3 Å². The highest BCUT2D eigenvalue weighted by atomic mass is 19.4. The highest BCUT2D eigenvalue weighted by Gasteiger charge is 2.30. The first-order valence-electron chi connectivity index (χ1n) is 4.44. The Labute approximate surface area is 80.1 Å². The quantitative estimate of drug-likeness (QED) is 0.664. The zero-order chi connectivity index (χ0) is 10.2. The summed E-state index contributed by atoms with van der Waals surface area (Å²) in [7, 11) is 0. The minimum atomic E-state index is -4.22. The number of halogens is 3. The van der Waals surface area contributed by atoms with Gasteiger partial charge in [-0.05, 0) is 17.7 Å². The molecule has 0 N–H and O–H groups in total. The second kappa shape index (κ2) is 3.28. The van der Waals surface area contributed by atoms with Crippen molar-refractivity contribution in [3.63, 3.8) is 0 Å². The first kappa shape index (κ1) is 9.52. The molecule has 0 aliphatic carbocycles. The van der Waals surface area contributed by atoms with Gasteiger partial charge < -0.3 is 0 Å². The molecule has 1 fully saturated rings. The Balaban J connectivity index is 2.08. The smallest absolute Gasteiger partial charge is 0.297 e. The van der Waals surface area contributed by atoms with Gasteiger partial charge in [-0.3, -0.25) is 4.90 Å². The summed E-state index contributed by atoms with van der Waals surface area (Å²) >= 11 is 0. The summed E-state index contributed by atoms with van der Waals surface area (Å²) in [5, 5.41) is 0. The molecule has 14 heavy (non-hydrogen) atoms. The first-order valence-corrected chi connectivity index (χ1v) is 4.44. The van der Waals surface area contributed by atoms with Gasteiger partial charge in [0.1, 0.15) is 0 Å². The SMILES string of the molecule is FC(F)(F)c1ccc(CN2CC2)cc1. The minimum Gasteiger partial charge on any atom is -0.297 e. The molecule has 0 atom stereocenters. The van der Waals surface area contributed by atoms with Gasteiger partial charge in [0.2, 0.25) is 0 Å². The van der Waals surface area contributed by atoms with Crippen molar-refractivity contribution in [2.24, 2.45) is 0 Å². The molecule has 4 heteroatoms. The fourth-order valence-electron chi connectivity index (χ4n) is 1.29. The normalized spacial score (nSPS) is 17.1. The summed E-state index contributed by atoms with van der Waals surface area (Å²) in [6.07, 6.45) is -4.22. The van der Waals surface area contributed by atoms with Gasteiger partial charge in [0, 0.05) is 19.6 Å². The Morgan fingerprint density at radius 3 is 2.07 bits per heavy atom. The van der Waals surface area contributed by atoms with E-state index in [0.29, 0.717) is 0 Å². The van der Waals surface area contributed by atoms with E-state index >= 15 is 0 Å². The van der Waals surface area contributed by atoms with E-state index in [1.807, 2.05) is 0 Å². The molecule has 1 aliphatic heterocycles. The molecule has 76 valence electrons. The van der Waals surface area contributed by atoms with E-state index in [1.165, 1.54) is 0 Å². The van der Waals surface area contributed by atoms with Crippen LogP contribution in [0.5, 0.6) is 0 Å². The molecule has 0 bridgehead atoms. The summed E-state index contributed by atoms with van der Waals surface area (Å²) in [5.74, 6) is 0. The van der Waals surface area contributed by atoms with E-state index < -0.39 is 11.7 Å². The Morgan fingerprint density at radius 1 is 1.07 bits per heavy atom. The third-order valence-electron chi connectivity index (χ3n) is 2.23. The monoisotopic (exact) mass is 201 g/mol. The maximum atomic E-state index is 12.2. The molecular weight excluding hydrogens is 191 g/mol. The molecule has 1 heterocycles. The predicted molar refractivity (Wildman–Crippen MR) is 46.7 cm³/mol. The molecule has 1 nitrogen and oxygen atoms in total. The lowest BCUT2D eigenvalue weighted by atomic mass is 10.1. The number of rotatable bonds is 2. The van der Waals surface area contributed by atoms with Crippen molar-refractivity contribution in [3.05, 3.63) is 35.4 Å². The molecular formula is C10H10F3N.